The number of benzene rings is 1. The van der Waals surface area contributed by atoms with Crippen LogP contribution in [0.4, 0.5) is 14.9 Å². The van der Waals surface area contributed by atoms with Gasteiger partial charge in [-0.25, -0.2) is 9.18 Å². The lowest BCUT2D eigenvalue weighted by molar-refractivity contribution is 0.0963. The fourth-order valence-corrected chi connectivity index (χ4v) is 4.49. The van der Waals surface area contributed by atoms with E-state index in [0.29, 0.717) is 35.7 Å². The van der Waals surface area contributed by atoms with Crippen LogP contribution in [0, 0.1) is 29.0 Å². The molecule has 1 N–H and O–H groups in total. The van der Waals surface area contributed by atoms with E-state index >= 15 is 0 Å². The number of carbonyl (C=O) groups excluding carboxylic acids is 1. The van der Waals surface area contributed by atoms with E-state index < -0.39 is 23.4 Å². The lowest BCUT2D eigenvalue weighted by Crippen LogP contribution is -2.25. The molecule has 1 amide bonds. The van der Waals surface area contributed by atoms with E-state index in [9.17, 15) is 14.4 Å². The second-order valence-corrected chi connectivity index (χ2v) is 7.63. The molecule has 1 saturated carbocycles. The molecule has 1 unspecified atom stereocenters. The van der Waals surface area contributed by atoms with Crippen LogP contribution < -0.4 is 4.90 Å². The number of cyclic esters (lactones) is 1. The minimum atomic E-state index is -0.609. The molecule has 8 heteroatoms. The van der Waals surface area contributed by atoms with Crippen LogP contribution >= 0.6 is 0 Å². The van der Waals surface area contributed by atoms with Crippen LogP contribution in [0.3, 0.4) is 0 Å². The number of anilines is 1. The Labute approximate surface area is 166 Å². The number of aliphatic hydroxyl groups is 1. The SMILES string of the molecule is N#CC1(c2ccc(-c3ccc(N4C[C@H](CO)OC4=O)cc3F)cn2)[C@@H]2COC[C@@H]21. The van der Waals surface area contributed by atoms with Crippen molar-refractivity contribution in [3.8, 4) is 17.2 Å². The van der Waals surface area contributed by atoms with Crippen LogP contribution in [0.2, 0.25) is 0 Å². The summed E-state index contributed by atoms with van der Waals surface area (Å²) >= 11 is 0. The molecule has 1 aromatic heterocycles. The Morgan fingerprint density at radius 1 is 1.31 bits per heavy atom. The lowest BCUT2D eigenvalue weighted by atomic mass is 9.96. The van der Waals surface area contributed by atoms with Crippen LogP contribution in [-0.2, 0) is 14.9 Å². The minimum Gasteiger partial charge on any atom is -0.441 e. The van der Waals surface area contributed by atoms with Crippen LogP contribution in [-0.4, -0.2) is 48.7 Å². The van der Waals surface area contributed by atoms with Gasteiger partial charge in [-0.2, -0.15) is 5.26 Å². The smallest absolute Gasteiger partial charge is 0.414 e. The molecule has 0 radical (unpaired) electrons. The number of hydrogen-bond donors (Lipinski definition) is 1. The molecule has 148 valence electrons. The Hall–Kier alpha value is -3.02. The topological polar surface area (TPSA) is 95.7 Å². The second kappa shape index (κ2) is 6.51. The highest BCUT2D eigenvalue weighted by atomic mass is 19.1. The fourth-order valence-electron chi connectivity index (χ4n) is 4.49. The maximum Gasteiger partial charge on any atom is 0.414 e. The molecule has 2 saturated heterocycles. The van der Waals surface area contributed by atoms with Crippen molar-refractivity contribution in [2.45, 2.75) is 11.5 Å². The number of aromatic nitrogens is 1. The molecular formula is C21H18FN3O4. The lowest BCUT2D eigenvalue weighted by Gasteiger charge is -2.15. The van der Waals surface area contributed by atoms with Crippen molar-refractivity contribution >= 4 is 11.8 Å². The largest absolute Gasteiger partial charge is 0.441 e. The second-order valence-electron chi connectivity index (χ2n) is 7.63. The van der Waals surface area contributed by atoms with Gasteiger partial charge in [0.15, 0.2) is 0 Å². The molecule has 7 nitrogen and oxygen atoms in total. The molecule has 4 atom stereocenters. The van der Waals surface area contributed by atoms with E-state index in [1.165, 1.54) is 11.0 Å². The predicted molar refractivity (Wildman–Crippen MR) is 99.4 cm³/mol. The highest BCUT2D eigenvalue weighted by Gasteiger charge is 2.70. The number of nitrogens with zero attached hydrogens (tertiary/aromatic N) is 3. The number of rotatable bonds is 4. The van der Waals surface area contributed by atoms with Crippen molar-refractivity contribution in [3.63, 3.8) is 0 Å². The molecule has 1 aliphatic carbocycles. The van der Waals surface area contributed by atoms with E-state index in [2.05, 4.69) is 11.1 Å². The summed E-state index contributed by atoms with van der Waals surface area (Å²) in [7, 11) is 0. The van der Waals surface area contributed by atoms with E-state index in [1.54, 1.807) is 30.5 Å². The standard InChI is InChI=1S/C21H18FN3O4/c22-18-5-13(25-7-14(8-26)29-20(25)27)2-3-15(18)12-1-4-19(24-6-12)21(11-23)16-9-28-10-17(16)21/h1-6,14,16-17,26H,7-10H2/t14-,16-,17+,21?/m1/s1. The molecule has 3 aliphatic rings. The fraction of sp³-hybridized carbons (Fsp3) is 0.381. The number of hydrogen-bond acceptors (Lipinski definition) is 6. The summed E-state index contributed by atoms with van der Waals surface area (Å²) in [5.74, 6) is -0.126. The van der Waals surface area contributed by atoms with Crippen LogP contribution in [0.15, 0.2) is 36.5 Å². The first-order chi connectivity index (χ1) is 14.1. The molecule has 1 aromatic carbocycles. The van der Waals surface area contributed by atoms with Gasteiger partial charge in [-0.3, -0.25) is 9.88 Å². The Bertz CT molecular complexity index is 1010. The Morgan fingerprint density at radius 3 is 2.69 bits per heavy atom. The van der Waals surface area contributed by atoms with Crippen molar-refractivity contribution in [1.82, 2.24) is 4.98 Å². The van der Waals surface area contributed by atoms with Gasteiger partial charge in [0.1, 0.15) is 17.3 Å². The summed E-state index contributed by atoms with van der Waals surface area (Å²) in [5, 5.41) is 18.8. The van der Waals surface area contributed by atoms with Gasteiger partial charge in [0, 0.05) is 29.2 Å². The van der Waals surface area contributed by atoms with Gasteiger partial charge in [0.2, 0.25) is 0 Å². The number of ether oxygens (including phenoxy) is 2. The highest BCUT2D eigenvalue weighted by molar-refractivity contribution is 5.90. The first kappa shape index (κ1) is 18.0. The average Bonchev–Trinajstić information content (AvgIpc) is 3.06. The normalized spacial score (nSPS) is 30.0. The molecule has 0 bridgehead atoms. The number of nitriles is 1. The number of carbonyl (C=O) groups is 1. The van der Waals surface area contributed by atoms with E-state index in [1.807, 2.05) is 0 Å². The van der Waals surface area contributed by atoms with Gasteiger partial charge < -0.3 is 14.6 Å². The van der Waals surface area contributed by atoms with Crippen LogP contribution in [0.1, 0.15) is 5.69 Å². The van der Waals surface area contributed by atoms with Gasteiger partial charge in [-0.1, -0.05) is 6.07 Å². The molecule has 29 heavy (non-hydrogen) atoms. The van der Waals surface area contributed by atoms with Gasteiger partial charge in [0.25, 0.3) is 0 Å². The minimum absolute atomic E-state index is 0.173. The third-order valence-electron chi connectivity index (χ3n) is 6.17. The van der Waals surface area contributed by atoms with Gasteiger partial charge in [-0.05, 0) is 24.3 Å². The van der Waals surface area contributed by atoms with Gasteiger partial charge in [-0.15, -0.1) is 0 Å². The Balaban J connectivity index is 1.39. The van der Waals surface area contributed by atoms with E-state index in [-0.39, 0.29) is 25.0 Å². The van der Waals surface area contributed by atoms with Crippen molar-refractivity contribution in [2.24, 2.45) is 11.8 Å². The summed E-state index contributed by atoms with van der Waals surface area (Å²) in [6.45, 7) is 1.05. The molecule has 2 aliphatic heterocycles. The third kappa shape index (κ3) is 2.62. The summed E-state index contributed by atoms with van der Waals surface area (Å²) in [6, 6.07) is 10.4. The molecule has 3 fully saturated rings. The van der Waals surface area contributed by atoms with Crippen molar-refractivity contribution in [3.05, 3.63) is 48.0 Å². The summed E-state index contributed by atoms with van der Waals surface area (Å²) in [4.78, 5) is 17.6. The third-order valence-corrected chi connectivity index (χ3v) is 6.17. The zero-order valence-corrected chi connectivity index (χ0v) is 15.4. The molecular weight excluding hydrogens is 377 g/mol. The first-order valence-electron chi connectivity index (χ1n) is 9.43. The van der Waals surface area contributed by atoms with Gasteiger partial charge >= 0.3 is 6.09 Å². The number of amides is 1. The van der Waals surface area contributed by atoms with E-state index in [4.69, 9.17) is 14.6 Å². The first-order valence-corrected chi connectivity index (χ1v) is 9.43. The molecule has 0 spiro atoms. The van der Waals surface area contributed by atoms with E-state index in [0.717, 1.165) is 0 Å². The summed E-state index contributed by atoms with van der Waals surface area (Å²) in [5.41, 5.74) is 1.42. The van der Waals surface area contributed by atoms with Crippen LogP contribution in [0.25, 0.3) is 11.1 Å². The number of halogens is 1. The average molecular weight is 395 g/mol. The number of aliphatic hydroxyl groups excluding tert-OH is 1. The maximum absolute atomic E-state index is 14.8. The summed E-state index contributed by atoms with van der Waals surface area (Å²) in [6.07, 6.45) is 0.359. The monoisotopic (exact) mass is 395 g/mol. The Morgan fingerprint density at radius 2 is 2.10 bits per heavy atom. The Kier molecular flexibility index (Phi) is 4.05. The summed E-state index contributed by atoms with van der Waals surface area (Å²) < 4.78 is 25.2. The van der Waals surface area contributed by atoms with Crippen molar-refractivity contribution in [1.29, 1.82) is 5.26 Å². The zero-order valence-electron chi connectivity index (χ0n) is 15.4. The predicted octanol–water partition coefficient (Wildman–Crippen LogP) is 2.24. The molecule has 3 heterocycles. The number of fused-ring (bicyclic) bond motifs is 1. The molecule has 5 rings (SSSR count). The molecule has 2 aromatic rings. The maximum atomic E-state index is 14.8. The highest BCUT2D eigenvalue weighted by Crippen LogP contribution is 2.62. The van der Waals surface area contributed by atoms with Gasteiger partial charge in [0.05, 0.1) is 43.8 Å². The zero-order chi connectivity index (χ0) is 20.2. The van der Waals surface area contributed by atoms with Crippen LogP contribution in [0.5, 0.6) is 0 Å². The van der Waals surface area contributed by atoms with Crippen molar-refractivity contribution < 1.29 is 23.8 Å². The quantitative estimate of drug-likeness (QED) is 0.853. The van der Waals surface area contributed by atoms with Crippen molar-refractivity contribution in [2.75, 3.05) is 31.3 Å². The number of pyridine rings is 1.